The molecular weight excluding hydrogens is 731 g/mol. The summed E-state index contributed by atoms with van der Waals surface area (Å²) in [7, 11) is -4.67. The summed E-state index contributed by atoms with van der Waals surface area (Å²) in [6.07, 6.45) is -3.65. The number of fused-ring (bicyclic) bond motifs is 1. The Morgan fingerprint density at radius 3 is 2.24 bits per heavy atom. The summed E-state index contributed by atoms with van der Waals surface area (Å²) >= 11 is 0. The number of nitrogens with two attached hydrogens (primary N) is 1. The molecule has 19 nitrogen and oxygen atoms in total. The van der Waals surface area contributed by atoms with E-state index in [1.807, 2.05) is 13.8 Å². The predicted octanol–water partition coefficient (Wildman–Crippen LogP) is 4.18. The van der Waals surface area contributed by atoms with Crippen molar-refractivity contribution in [3.63, 3.8) is 0 Å². The third-order valence-corrected chi connectivity index (χ3v) is 9.97. The first-order valence-corrected chi connectivity index (χ1v) is 19.2. The molecule has 0 aliphatic carbocycles. The van der Waals surface area contributed by atoms with Gasteiger partial charge in [-0.25, -0.2) is 23.9 Å². The number of nitriles is 1. The molecule has 0 radical (unpaired) electrons. The van der Waals surface area contributed by atoms with Crippen LogP contribution in [0.2, 0.25) is 0 Å². The van der Waals surface area contributed by atoms with Crippen LogP contribution in [0.25, 0.3) is 5.52 Å². The highest BCUT2D eigenvalue weighted by Gasteiger charge is 2.63. The van der Waals surface area contributed by atoms with E-state index < -0.39 is 93.1 Å². The Morgan fingerprint density at radius 2 is 1.65 bits per heavy atom. The molecule has 300 valence electrons. The second-order valence-corrected chi connectivity index (χ2v) is 15.3. The topological polar surface area (TPSA) is 251 Å². The Kier molecular flexibility index (Phi) is 15.8. The minimum Gasteiger partial charge on any atom is -0.464 e. The van der Waals surface area contributed by atoms with Crippen molar-refractivity contribution in [3.8, 4) is 6.07 Å². The van der Waals surface area contributed by atoms with Gasteiger partial charge in [-0.2, -0.15) is 10.4 Å². The average Bonchev–Trinajstić information content (AvgIpc) is 3.67. The van der Waals surface area contributed by atoms with Crippen molar-refractivity contribution < 1.29 is 61.2 Å². The van der Waals surface area contributed by atoms with Crippen molar-refractivity contribution in [2.24, 2.45) is 17.8 Å². The molecule has 1 fully saturated rings. The number of carbonyl (C=O) groups excluding carboxylic acids is 4. The van der Waals surface area contributed by atoms with Crippen LogP contribution in [0.1, 0.15) is 80.8 Å². The van der Waals surface area contributed by atoms with Gasteiger partial charge in [0.05, 0.1) is 36.8 Å². The molecule has 2 aromatic heterocycles. The van der Waals surface area contributed by atoms with Gasteiger partial charge in [0.2, 0.25) is 12.4 Å². The zero-order valence-corrected chi connectivity index (χ0v) is 32.9. The van der Waals surface area contributed by atoms with E-state index in [4.69, 9.17) is 43.2 Å². The number of nitrogens with one attached hydrogen (secondary N) is 1. The van der Waals surface area contributed by atoms with E-state index in [1.54, 1.807) is 41.5 Å². The van der Waals surface area contributed by atoms with Crippen molar-refractivity contribution in [3.05, 3.63) is 24.2 Å². The zero-order chi connectivity index (χ0) is 40.4. The highest BCUT2D eigenvalue weighted by atomic mass is 31.2. The molecule has 1 aliphatic rings. The van der Waals surface area contributed by atoms with Crippen LogP contribution >= 0.6 is 7.75 Å². The van der Waals surface area contributed by atoms with Crippen LogP contribution in [0.4, 0.5) is 10.6 Å². The van der Waals surface area contributed by atoms with Gasteiger partial charge in [0, 0.05) is 0 Å². The van der Waals surface area contributed by atoms with Gasteiger partial charge in [-0.05, 0) is 38.8 Å². The number of aromatic nitrogens is 3. The standard InChI is InChI=1S/C34H51N6O13P/c1-10-23(11-2)14-46-32(43)22(9)39-54(45,49-18-47-33(44)50-21(7)8)48-15-25-27(51-30(41)19(3)4)28(52-31(42)20(5)6)34(16-35,53-25)26-13-12-24-29(36)37-17-38-40(24)26/h12-13,17,19-23,25,27-28H,10-11,14-15,18H2,1-9H3,(H,39,45)(H2,36,37,38)/t22-,25+,27+,28+,34-,54+/m0/s1. The fourth-order valence-electron chi connectivity index (χ4n) is 5.13. The summed E-state index contributed by atoms with van der Waals surface area (Å²) in [6.45, 7) is 13.1. The second-order valence-electron chi connectivity index (χ2n) is 13.5. The van der Waals surface area contributed by atoms with Gasteiger partial charge in [0.25, 0.3) is 0 Å². The molecular formula is C34H51N6O13P. The minimum atomic E-state index is -4.67. The van der Waals surface area contributed by atoms with Crippen LogP contribution in [0.15, 0.2) is 18.5 Å². The number of hydrogen-bond acceptors (Lipinski definition) is 17. The number of carbonyl (C=O) groups is 4. The summed E-state index contributed by atoms with van der Waals surface area (Å²) < 4.78 is 59.9. The molecule has 0 amide bonds. The van der Waals surface area contributed by atoms with E-state index >= 15 is 0 Å². The quantitative estimate of drug-likeness (QED) is 0.0877. The first-order valence-electron chi connectivity index (χ1n) is 17.7. The van der Waals surface area contributed by atoms with Crippen molar-refractivity contribution in [2.45, 2.75) is 111 Å². The molecule has 0 saturated carbocycles. The Bertz CT molecular complexity index is 1710. The van der Waals surface area contributed by atoms with Crippen molar-refractivity contribution in [1.82, 2.24) is 19.7 Å². The molecule has 20 heteroatoms. The normalized spacial score (nSPS) is 21.5. The number of anilines is 1. The van der Waals surface area contributed by atoms with Crippen LogP contribution in [0.5, 0.6) is 0 Å². The lowest BCUT2D eigenvalue weighted by molar-refractivity contribution is -0.173. The number of rotatable bonds is 19. The molecule has 1 aliphatic heterocycles. The van der Waals surface area contributed by atoms with E-state index in [-0.39, 0.29) is 24.0 Å². The first-order chi connectivity index (χ1) is 25.4. The monoisotopic (exact) mass is 782 g/mol. The summed E-state index contributed by atoms with van der Waals surface area (Å²) in [4.78, 5) is 55.2. The minimum absolute atomic E-state index is 0.0344. The summed E-state index contributed by atoms with van der Waals surface area (Å²) in [5.41, 5.74) is 4.16. The van der Waals surface area contributed by atoms with Gasteiger partial charge >= 0.3 is 31.8 Å². The second kappa shape index (κ2) is 19.3. The molecule has 0 spiro atoms. The van der Waals surface area contributed by atoms with Gasteiger partial charge in [0.15, 0.2) is 18.0 Å². The molecule has 2 aromatic rings. The summed E-state index contributed by atoms with van der Waals surface area (Å²) in [6, 6.07) is 3.78. The van der Waals surface area contributed by atoms with Crippen molar-refractivity contribution in [1.29, 1.82) is 5.26 Å². The lowest BCUT2D eigenvalue weighted by Gasteiger charge is -2.29. The maximum atomic E-state index is 14.3. The van der Waals surface area contributed by atoms with E-state index in [1.165, 1.54) is 23.6 Å². The van der Waals surface area contributed by atoms with Gasteiger partial charge in [-0.15, -0.1) is 0 Å². The molecule has 0 aromatic carbocycles. The van der Waals surface area contributed by atoms with Crippen molar-refractivity contribution >= 4 is 43.1 Å². The van der Waals surface area contributed by atoms with E-state index in [0.717, 1.165) is 19.2 Å². The molecule has 0 unspecified atom stereocenters. The SMILES string of the molecule is CCC(CC)COC(=O)[C@H](C)N[P@](=O)(OCOC(=O)OC(C)C)OC[C@H]1O[C@@](C#N)(c2ccc3c(N)ncnn23)[C@H](OC(=O)C(C)C)[C@@H]1OC(=O)C(C)C. The van der Waals surface area contributed by atoms with E-state index in [9.17, 15) is 29.0 Å². The van der Waals surface area contributed by atoms with Crippen LogP contribution in [0.3, 0.4) is 0 Å². The molecule has 3 heterocycles. The Balaban J connectivity index is 2.05. The van der Waals surface area contributed by atoms with E-state index in [0.29, 0.717) is 5.52 Å². The molecule has 3 rings (SSSR count). The highest BCUT2D eigenvalue weighted by Crippen LogP contribution is 2.48. The van der Waals surface area contributed by atoms with Gasteiger partial charge < -0.3 is 34.2 Å². The summed E-state index contributed by atoms with van der Waals surface area (Å²) in [5.74, 6) is -3.48. The predicted molar refractivity (Wildman–Crippen MR) is 189 cm³/mol. The Morgan fingerprint density at radius 1 is 1.00 bits per heavy atom. The Labute approximate surface area is 314 Å². The highest BCUT2D eigenvalue weighted by molar-refractivity contribution is 7.51. The van der Waals surface area contributed by atoms with Gasteiger partial charge in [-0.1, -0.05) is 54.4 Å². The van der Waals surface area contributed by atoms with Gasteiger partial charge in [0.1, 0.15) is 30.1 Å². The Hall–Kier alpha value is -4.34. The molecule has 54 heavy (non-hydrogen) atoms. The number of hydrogen-bond donors (Lipinski definition) is 2. The third kappa shape index (κ3) is 10.9. The lowest BCUT2D eigenvalue weighted by Crippen LogP contribution is -2.47. The molecule has 3 N–H and O–H groups in total. The van der Waals surface area contributed by atoms with Crippen LogP contribution in [0, 0.1) is 29.1 Å². The molecule has 0 bridgehead atoms. The summed E-state index contributed by atoms with van der Waals surface area (Å²) in [5, 5.41) is 17.5. The zero-order valence-electron chi connectivity index (χ0n) is 32.0. The average molecular weight is 783 g/mol. The van der Waals surface area contributed by atoms with Crippen molar-refractivity contribution in [2.75, 3.05) is 25.7 Å². The lowest BCUT2D eigenvalue weighted by atomic mass is 9.92. The number of nitrogen functional groups attached to an aromatic ring is 1. The fourth-order valence-corrected chi connectivity index (χ4v) is 6.47. The first kappa shape index (κ1) is 44.1. The third-order valence-electron chi connectivity index (χ3n) is 8.33. The number of ether oxygens (including phenoxy) is 6. The fraction of sp³-hybridized carbons (Fsp3) is 0.676. The largest absolute Gasteiger partial charge is 0.510 e. The maximum Gasteiger partial charge on any atom is 0.510 e. The smallest absolute Gasteiger partial charge is 0.464 e. The molecule has 1 saturated heterocycles. The van der Waals surface area contributed by atoms with Crippen LogP contribution < -0.4 is 10.8 Å². The van der Waals surface area contributed by atoms with Crippen LogP contribution in [-0.2, 0) is 62.0 Å². The van der Waals surface area contributed by atoms with Gasteiger partial charge in [-0.3, -0.25) is 23.4 Å². The molecule has 6 atom stereocenters. The maximum absolute atomic E-state index is 14.3. The van der Waals surface area contributed by atoms with Crippen LogP contribution in [-0.4, -0.2) is 89.1 Å². The number of nitrogens with zero attached hydrogens (tertiary/aromatic N) is 4. The number of esters is 3. The van der Waals surface area contributed by atoms with E-state index in [2.05, 4.69) is 21.2 Å².